The average molecular weight is 252 g/mol. The highest BCUT2D eigenvalue weighted by Crippen LogP contribution is 2.21. The fraction of sp³-hybridized carbons (Fsp3) is 0.0909. The Balaban J connectivity index is 2.02. The van der Waals surface area contributed by atoms with Crippen molar-refractivity contribution in [2.45, 2.75) is 6.54 Å². The molecule has 2 nitrogen and oxygen atoms in total. The lowest BCUT2D eigenvalue weighted by Gasteiger charge is -2.06. The van der Waals surface area contributed by atoms with E-state index in [1.807, 2.05) is 30.3 Å². The first-order valence-electron chi connectivity index (χ1n) is 4.36. The molecule has 0 unspecified atom stereocenters. The van der Waals surface area contributed by atoms with Crippen molar-refractivity contribution in [3.8, 4) is 0 Å². The van der Waals surface area contributed by atoms with Gasteiger partial charge in [-0.25, -0.2) is 0 Å². The van der Waals surface area contributed by atoms with Crippen LogP contribution in [0, 0.1) is 0 Å². The summed E-state index contributed by atoms with van der Waals surface area (Å²) < 4.78 is 6.05. The fourth-order valence-corrected chi connectivity index (χ4v) is 1.62. The molecule has 0 aliphatic carbocycles. The molecule has 0 fully saturated rings. The average Bonchev–Trinajstić information content (AvgIpc) is 2.69. The molecule has 1 aromatic heterocycles. The highest BCUT2D eigenvalue weighted by molar-refractivity contribution is 9.10. The van der Waals surface area contributed by atoms with Gasteiger partial charge in [0.05, 0.1) is 12.5 Å². The quantitative estimate of drug-likeness (QED) is 0.901. The van der Waals surface area contributed by atoms with Crippen LogP contribution in [0.3, 0.4) is 0 Å². The second kappa shape index (κ2) is 4.33. The number of hydrogen-bond donors (Lipinski definition) is 1. The van der Waals surface area contributed by atoms with Gasteiger partial charge in [0.15, 0.2) is 0 Å². The van der Waals surface area contributed by atoms with E-state index >= 15 is 0 Å². The van der Waals surface area contributed by atoms with Gasteiger partial charge in [0.25, 0.3) is 0 Å². The molecule has 1 aromatic carbocycles. The smallest absolute Gasteiger partial charge is 0.0952 e. The number of halogens is 1. The number of para-hydroxylation sites is 1. The molecule has 0 spiro atoms. The molecule has 3 heteroatoms. The Hall–Kier alpha value is -1.22. The molecule has 0 bridgehead atoms. The van der Waals surface area contributed by atoms with Gasteiger partial charge in [0.1, 0.15) is 0 Å². The van der Waals surface area contributed by atoms with Crippen LogP contribution in [0.25, 0.3) is 0 Å². The topological polar surface area (TPSA) is 25.2 Å². The monoisotopic (exact) mass is 251 g/mol. The molecule has 2 aromatic rings. The minimum absolute atomic E-state index is 0.777. The van der Waals surface area contributed by atoms with Crippen LogP contribution in [0.4, 0.5) is 5.69 Å². The maximum atomic E-state index is 4.98. The molecular weight excluding hydrogens is 242 g/mol. The first-order chi connectivity index (χ1) is 6.86. The summed E-state index contributed by atoms with van der Waals surface area (Å²) in [6.07, 6.45) is 3.42. The van der Waals surface area contributed by atoms with Crippen LogP contribution in [0.5, 0.6) is 0 Å². The van der Waals surface area contributed by atoms with Gasteiger partial charge in [-0.05, 0) is 34.1 Å². The number of nitrogens with one attached hydrogen (secondary N) is 1. The van der Waals surface area contributed by atoms with Crippen LogP contribution in [0.2, 0.25) is 0 Å². The molecule has 72 valence electrons. The molecule has 14 heavy (non-hydrogen) atoms. The van der Waals surface area contributed by atoms with Crippen LogP contribution in [0.15, 0.2) is 51.7 Å². The number of furan rings is 1. The normalized spacial score (nSPS) is 10.1. The molecule has 2 rings (SSSR count). The summed E-state index contributed by atoms with van der Waals surface area (Å²) >= 11 is 3.47. The molecular formula is C11H10BrNO. The van der Waals surface area contributed by atoms with E-state index in [2.05, 4.69) is 21.2 Å². The fourth-order valence-electron chi connectivity index (χ4n) is 1.20. The van der Waals surface area contributed by atoms with Crippen molar-refractivity contribution in [3.63, 3.8) is 0 Å². The predicted octanol–water partition coefficient (Wildman–Crippen LogP) is 3.65. The third-order valence-electron chi connectivity index (χ3n) is 1.94. The lowest BCUT2D eigenvalue weighted by atomic mass is 10.3. The maximum Gasteiger partial charge on any atom is 0.0952 e. The Morgan fingerprint density at radius 3 is 2.79 bits per heavy atom. The van der Waals surface area contributed by atoms with Crippen molar-refractivity contribution in [2.24, 2.45) is 0 Å². The summed E-state index contributed by atoms with van der Waals surface area (Å²) in [5, 5.41) is 3.31. The highest BCUT2D eigenvalue weighted by atomic mass is 79.9. The Labute approximate surface area is 91.1 Å². The van der Waals surface area contributed by atoms with Crippen molar-refractivity contribution in [3.05, 3.63) is 52.9 Å². The standard InChI is InChI=1S/C11H10BrNO/c12-10-3-1-2-4-11(10)13-7-9-5-6-14-8-9/h1-6,8,13H,7H2. The predicted molar refractivity (Wildman–Crippen MR) is 60.2 cm³/mol. The molecule has 0 atom stereocenters. The Bertz CT molecular complexity index is 397. The molecule has 0 radical (unpaired) electrons. The van der Waals surface area contributed by atoms with Crippen molar-refractivity contribution in [1.82, 2.24) is 0 Å². The Morgan fingerprint density at radius 2 is 2.07 bits per heavy atom. The zero-order valence-corrected chi connectivity index (χ0v) is 9.12. The maximum absolute atomic E-state index is 4.98. The Kier molecular flexibility index (Phi) is 2.89. The van der Waals surface area contributed by atoms with Gasteiger partial charge in [-0.1, -0.05) is 12.1 Å². The summed E-state index contributed by atoms with van der Waals surface area (Å²) in [4.78, 5) is 0. The van der Waals surface area contributed by atoms with Gasteiger partial charge < -0.3 is 9.73 Å². The minimum atomic E-state index is 0.777. The van der Waals surface area contributed by atoms with Gasteiger partial charge in [-0.2, -0.15) is 0 Å². The second-order valence-electron chi connectivity index (χ2n) is 2.96. The summed E-state index contributed by atoms with van der Waals surface area (Å²) in [5.41, 5.74) is 2.23. The number of benzene rings is 1. The largest absolute Gasteiger partial charge is 0.472 e. The molecule has 1 N–H and O–H groups in total. The molecule has 0 aliphatic heterocycles. The van der Waals surface area contributed by atoms with E-state index in [-0.39, 0.29) is 0 Å². The van der Waals surface area contributed by atoms with Crippen LogP contribution < -0.4 is 5.32 Å². The number of hydrogen-bond acceptors (Lipinski definition) is 2. The third kappa shape index (κ3) is 2.17. The second-order valence-corrected chi connectivity index (χ2v) is 3.82. The number of anilines is 1. The SMILES string of the molecule is Brc1ccccc1NCc1ccoc1. The van der Waals surface area contributed by atoms with E-state index in [0.717, 1.165) is 22.3 Å². The van der Waals surface area contributed by atoms with Crippen molar-refractivity contribution in [1.29, 1.82) is 0 Å². The molecule has 1 heterocycles. The highest BCUT2D eigenvalue weighted by Gasteiger charge is 1.98. The van der Waals surface area contributed by atoms with Crippen molar-refractivity contribution >= 4 is 21.6 Å². The molecule has 0 saturated heterocycles. The van der Waals surface area contributed by atoms with Crippen molar-refractivity contribution in [2.75, 3.05) is 5.32 Å². The van der Waals surface area contributed by atoms with E-state index in [1.54, 1.807) is 12.5 Å². The number of rotatable bonds is 3. The van der Waals surface area contributed by atoms with E-state index in [9.17, 15) is 0 Å². The Morgan fingerprint density at radius 1 is 1.21 bits per heavy atom. The van der Waals surface area contributed by atoms with Crippen LogP contribution in [-0.2, 0) is 6.54 Å². The lowest BCUT2D eigenvalue weighted by Crippen LogP contribution is -1.98. The van der Waals surface area contributed by atoms with E-state index in [1.165, 1.54) is 0 Å². The summed E-state index contributed by atoms with van der Waals surface area (Å²) in [6.45, 7) is 0.777. The third-order valence-corrected chi connectivity index (χ3v) is 2.63. The minimum Gasteiger partial charge on any atom is -0.472 e. The van der Waals surface area contributed by atoms with Gasteiger partial charge in [0, 0.05) is 22.3 Å². The summed E-state index contributed by atoms with van der Waals surface area (Å²) in [5.74, 6) is 0. The lowest BCUT2D eigenvalue weighted by molar-refractivity contribution is 0.564. The zero-order chi connectivity index (χ0) is 9.80. The van der Waals surface area contributed by atoms with Crippen LogP contribution >= 0.6 is 15.9 Å². The van der Waals surface area contributed by atoms with Crippen LogP contribution in [-0.4, -0.2) is 0 Å². The first kappa shape index (κ1) is 9.34. The van der Waals surface area contributed by atoms with Crippen LogP contribution in [0.1, 0.15) is 5.56 Å². The summed E-state index contributed by atoms with van der Waals surface area (Å²) in [7, 11) is 0. The van der Waals surface area contributed by atoms with Gasteiger partial charge >= 0.3 is 0 Å². The van der Waals surface area contributed by atoms with Gasteiger partial charge in [0.2, 0.25) is 0 Å². The molecule has 0 saturated carbocycles. The summed E-state index contributed by atoms with van der Waals surface area (Å²) in [6, 6.07) is 9.99. The van der Waals surface area contributed by atoms with E-state index in [4.69, 9.17) is 4.42 Å². The van der Waals surface area contributed by atoms with Gasteiger partial charge in [-0.15, -0.1) is 0 Å². The molecule has 0 aliphatic rings. The first-order valence-corrected chi connectivity index (χ1v) is 5.15. The van der Waals surface area contributed by atoms with E-state index < -0.39 is 0 Å². The van der Waals surface area contributed by atoms with Gasteiger partial charge in [-0.3, -0.25) is 0 Å². The molecule has 0 amide bonds. The zero-order valence-electron chi connectivity index (χ0n) is 7.53. The van der Waals surface area contributed by atoms with Crippen molar-refractivity contribution < 1.29 is 4.42 Å². The van der Waals surface area contributed by atoms with E-state index in [0.29, 0.717) is 0 Å².